The van der Waals surface area contributed by atoms with E-state index in [0.29, 0.717) is 0 Å². The van der Waals surface area contributed by atoms with E-state index in [4.69, 9.17) is 5.73 Å². The van der Waals surface area contributed by atoms with Crippen molar-refractivity contribution in [1.29, 1.82) is 0 Å². The molecule has 0 amide bonds. The number of rotatable bonds is 6. The Morgan fingerprint density at radius 1 is 1.12 bits per heavy atom. The third-order valence-electron chi connectivity index (χ3n) is 3.90. The van der Waals surface area contributed by atoms with Gasteiger partial charge in [0.2, 0.25) is 0 Å². The van der Waals surface area contributed by atoms with E-state index < -0.39 is 0 Å². The predicted octanol–water partition coefficient (Wildman–Crippen LogP) is 3.11. The Kier molecular flexibility index (Phi) is 6.32. The van der Waals surface area contributed by atoms with Crippen molar-refractivity contribution >= 4 is 11.8 Å². The molecule has 0 saturated carbocycles. The number of nitrogens with two attached hydrogens (primary N) is 1. The molecule has 0 aromatic heterocycles. The lowest BCUT2D eigenvalue weighted by Crippen LogP contribution is -2.58. The molecule has 2 unspecified atom stereocenters. The smallest absolute Gasteiger partial charge is 0.0332 e. The first-order valence-electron chi connectivity index (χ1n) is 7.18. The van der Waals surface area contributed by atoms with Crippen LogP contribution in [0.25, 0.3) is 0 Å². The zero-order chi connectivity index (χ0) is 12.9. The average Bonchev–Trinajstić information content (AvgIpc) is 2.27. The van der Waals surface area contributed by atoms with Gasteiger partial charge in [-0.3, -0.25) is 4.90 Å². The van der Waals surface area contributed by atoms with Crippen molar-refractivity contribution in [1.82, 2.24) is 4.90 Å². The highest BCUT2D eigenvalue weighted by Crippen LogP contribution is 2.34. The van der Waals surface area contributed by atoms with E-state index in [0.717, 1.165) is 17.0 Å². The third kappa shape index (κ3) is 3.87. The first-order chi connectivity index (χ1) is 8.07. The van der Waals surface area contributed by atoms with Crippen LogP contribution in [-0.2, 0) is 0 Å². The van der Waals surface area contributed by atoms with Crippen LogP contribution in [0.15, 0.2) is 0 Å². The summed E-state index contributed by atoms with van der Waals surface area (Å²) in [7, 11) is 0. The Morgan fingerprint density at radius 2 is 1.59 bits per heavy atom. The molecule has 17 heavy (non-hydrogen) atoms. The molecule has 0 aromatic carbocycles. The summed E-state index contributed by atoms with van der Waals surface area (Å²) >= 11 is 2.13. The lowest BCUT2D eigenvalue weighted by Gasteiger charge is -2.48. The zero-order valence-electron chi connectivity index (χ0n) is 12.0. The molecule has 102 valence electrons. The van der Waals surface area contributed by atoms with Gasteiger partial charge in [0.15, 0.2) is 0 Å². The van der Waals surface area contributed by atoms with Gasteiger partial charge in [0, 0.05) is 35.7 Å². The van der Waals surface area contributed by atoms with Crippen molar-refractivity contribution in [2.24, 2.45) is 5.73 Å². The highest BCUT2D eigenvalue weighted by atomic mass is 32.2. The Morgan fingerprint density at radius 3 is 1.94 bits per heavy atom. The first-order valence-corrected chi connectivity index (χ1v) is 8.12. The van der Waals surface area contributed by atoms with Crippen molar-refractivity contribution in [2.75, 3.05) is 19.6 Å². The van der Waals surface area contributed by atoms with Gasteiger partial charge < -0.3 is 5.73 Å². The summed E-state index contributed by atoms with van der Waals surface area (Å²) in [6.45, 7) is 12.5. The van der Waals surface area contributed by atoms with Crippen LogP contribution >= 0.6 is 11.8 Å². The van der Waals surface area contributed by atoms with Crippen LogP contribution < -0.4 is 5.73 Å². The fourth-order valence-corrected chi connectivity index (χ4v) is 4.60. The summed E-state index contributed by atoms with van der Waals surface area (Å²) in [5.41, 5.74) is 6.42. The third-order valence-corrected chi connectivity index (χ3v) is 5.13. The monoisotopic (exact) mass is 258 g/mol. The van der Waals surface area contributed by atoms with Gasteiger partial charge in [0.05, 0.1) is 0 Å². The van der Waals surface area contributed by atoms with Crippen LogP contribution in [-0.4, -0.2) is 40.6 Å². The van der Waals surface area contributed by atoms with Crippen LogP contribution in [0, 0.1) is 0 Å². The fourth-order valence-electron chi connectivity index (χ4n) is 3.27. The summed E-state index contributed by atoms with van der Waals surface area (Å²) in [5.74, 6) is 0. The van der Waals surface area contributed by atoms with Crippen molar-refractivity contribution in [2.45, 2.75) is 69.4 Å². The van der Waals surface area contributed by atoms with Crippen molar-refractivity contribution < 1.29 is 0 Å². The number of hydrogen-bond donors (Lipinski definition) is 1. The number of hydrogen-bond acceptors (Lipinski definition) is 3. The maximum absolute atomic E-state index is 6.15. The lowest BCUT2D eigenvalue weighted by molar-refractivity contribution is 0.0726. The summed E-state index contributed by atoms with van der Waals surface area (Å²) in [6.07, 6.45) is 4.98. The molecule has 0 radical (unpaired) electrons. The van der Waals surface area contributed by atoms with Crippen molar-refractivity contribution in [3.8, 4) is 0 Å². The van der Waals surface area contributed by atoms with Gasteiger partial charge in [-0.25, -0.2) is 0 Å². The molecule has 0 spiro atoms. The maximum atomic E-state index is 6.15. The molecule has 1 aliphatic heterocycles. The second-order valence-corrected chi connectivity index (χ2v) is 7.47. The largest absolute Gasteiger partial charge is 0.329 e. The molecule has 2 atom stereocenters. The van der Waals surface area contributed by atoms with Gasteiger partial charge in [-0.05, 0) is 12.8 Å². The van der Waals surface area contributed by atoms with Gasteiger partial charge in [0.25, 0.3) is 0 Å². The summed E-state index contributed by atoms with van der Waals surface area (Å²) in [5, 5.41) is 1.50. The summed E-state index contributed by atoms with van der Waals surface area (Å²) in [4.78, 5) is 2.70. The van der Waals surface area contributed by atoms with E-state index in [1.54, 1.807) is 0 Å². The van der Waals surface area contributed by atoms with E-state index in [9.17, 15) is 0 Å². The molecule has 0 aliphatic carbocycles. The van der Waals surface area contributed by atoms with Crippen LogP contribution in [0.5, 0.6) is 0 Å². The van der Waals surface area contributed by atoms with Crippen LogP contribution in [0.2, 0.25) is 0 Å². The molecule has 0 bridgehead atoms. The van der Waals surface area contributed by atoms with Gasteiger partial charge >= 0.3 is 0 Å². The molecular formula is C14H30N2S. The molecule has 3 heteroatoms. The molecule has 1 heterocycles. The first kappa shape index (κ1) is 15.3. The highest BCUT2D eigenvalue weighted by molar-refractivity contribution is 8.00. The predicted molar refractivity (Wildman–Crippen MR) is 79.7 cm³/mol. The molecule has 1 saturated heterocycles. The minimum Gasteiger partial charge on any atom is -0.329 e. The van der Waals surface area contributed by atoms with Gasteiger partial charge in [-0.15, -0.1) is 0 Å². The molecule has 1 aliphatic rings. The van der Waals surface area contributed by atoms with Crippen molar-refractivity contribution in [3.05, 3.63) is 0 Å². The van der Waals surface area contributed by atoms with Crippen LogP contribution in [0.3, 0.4) is 0 Å². The minimum atomic E-state index is 0.271. The van der Waals surface area contributed by atoms with E-state index in [-0.39, 0.29) is 5.54 Å². The summed E-state index contributed by atoms with van der Waals surface area (Å²) < 4.78 is 0. The molecular weight excluding hydrogens is 228 g/mol. The molecule has 1 fully saturated rings. The van der Waals surface area contributed by atoms with Crippen LogP contribution in [0.4, 0.5) is 0 Å². The Balaban J connectivity index is 2.79. The molecule has 0 aromatic rings. The van der Waals surface area contributed by atoms with E-state index in [1.807, 2.05) is 0 Å². The second-order valence-electron chi connectivity index (χ2n) is 5.59. The maximum Gasteiger partial charge on any atom is 0.0332 e. The highest BCUT2D eigenvalue weighted by Gasteiger charge is 2.37. The van der Waals surface area contributed by atoms with Gasteiger partial charge in [-0.1, -0.05) is 40.5 Å². The van der Waals surface area contributed by atoms with E-state index in [1.165, 1.54) is 38.8 Å². The molecule has 2 nitrogen and oxygen atoms in total. The Hall–Kier alpha value is 0.270. The van der Waals surface area contributed by atoms with Crippen molar-refractivity contribution in [3.63, 3.8) is 0 Å². The lowest BCUT2D eigenvalue weighted by atomic mass is 9.86. The SMILES string of the molecule is CCCC(CN)(CCC)N1CC(C)SC(C)C1. The quantitative estimate of drug-likeness (QED) is 0.794. The average molecular weight is 258 g/mol. The van der Waals surface area contributed by atoms with Crippen LogP contribution in [0.1, 0.15) is 53.4 Å². The standard InChI is InChI=1S/C14H30N2S/c1-5-7-14(11-15,8-6-2)16-9-12(3)17-13(4)10-16/h12-13H,5-11,15H2,1-4H3. The zero-order valence-corrected chi connectivity index (χ0v) is 12.9. The minimum absolute atomic E-state index is 0.271. The van der Waals surface area contributed by atoms with E-state index in [2.05, 4.69) is 44.4 Å². The normalized spacial score (nSPS) is 27.4. The number of nitrogens with zero attached hydrogens (tertiary/aromatic N) is 1. The molecule has 1 rings (SSSR count). The Labute approximate surface area is 112 Å². The molecule has 2 N–H and O–H groups in total. The second kappa shape index (κ2) is 7.01. The van der Waals surface area contributed by atoms with Gasteiger partial charge in [-0.2, -0.15) is 11.8 Å². The topological polar surface area (TPSA) is 29.3 Å². The fraction of sp³-hybridized carbons (Fsp3) is 1.00. The summed E-state index contributed by atoms with van der Waals surface area (Å²) in [6, 6.07) is 0. The van der Waals surface area contributed by atoms with Gasteiger partial charge in [0.1, 0.15) is 0 Å². The Bertz CT molecular complexity index is 204. The van der Waals surface area contributed by atoms with E-state index >= 15 is 0 Å². The number of thioether (sulfide) groups is 1.